The second kappa shape index (κ2) is 27.9. The van der Waals surface area contributed by atoms with Gasteiger partial charge in [0, 0.05) is 40.1 Å². The molecule has 12 saturated carbocycles. The lowest BCUT2D eigenvalue weighted by molar-refractivity contribution is -0.151. The van der Waals surface area contributed by atoms with Gasteiger partial charge in [-0.1, -0.05) is 64.9 Å². The van der Waals surface area contributed by atoms with E-state index in [-0.39, 0.29) is 77.7 Å². The summed E-state index contributed by atoms with van der Waals surface area (Å²) in [7, 11) is 0. The Morgan fingerprint density at radius 2 is 0.904 bits per heavy atom. The third-order valence-electron chi connectivity index (χ3n) is 33.2. The van der Waals surface area contributed by atoms with Crippen molar-refractivity contribution in [2.24, 2.45) is 121 Å². The molecule has 0 radical (unpaired) electrons. The number of hydrogen-bond acceptors (Lipinski definition) is 10. The quantitative estimate of drug-likeness (QED) is 0.0843. The Kier molecular flexibility index (Phi) is 20.4. The minimum absolute atomic E-state index is 0. The SMILES string of the molecule is C.C[C@@]1(O)CC[C@@]2(C)[C@@H](CC[C@@H]3[C@@H]2CC[C@]2(C)[C@@H](C(=O)CBr)CC[C@@H]32)C1.C[C@@]1(O)CC[C@@]2(C)[C@@H](CC[C@@H]3[C@@H]2CC[C@]2(C)[C@@H](C(=O)Cn4cc5ccc(F)nc5n4)CC[C@@H]32)C1.C[C@@]1(O)CC[C@@]2(C)[C@@H](CC[C@@H]3[C@@H]2CC[C@]2(C)[C@@H](C(=O)Cn4ncc5ccc(F)cc54)CC[C@@H]32)C1.Fc1ccc2cn[nH]c2c1. The fourth-order valence-electron chi connectivity index (χ4n) is 27.6. The number of H-pyrrole nitrogens is 1. The number of pyridine rings is 1. The minimum atomic E-state index is -0.544. The second-order valence-electron chi connectivity index (χ2n) is 38.6. The zero-order valence-electron chi connectivity index (χ0n) is 63.0. The molecule has 0 saturated heterocycles. The Balaban J connectivity index is 0.000000124. The van der Waals surface area contributed by atoms with E-state index in [2.05, 4.69) is 82.9 Å². The lowest BCUT2D eigenvalue weighted by atomic mass is 9.44. The van der Waals surface area contributed by atoms with Crippen LogP contribution < -0.4 is 0 Å². The summed E-state index contributed by atoms with van der Waals surface area (Å²) in [6.07, 6.45) is 35.8. The summed E-state index contributed by atoms with van der Waals surface area (Å²) in [5.41, 5.74) is 1.85. The number of nitrogens with one attached hydrogen (secondary N) is 1. The highest BCUT2D eigenvalue weighted by molar-refractivity contribution is 9.09. The van der Waals surface area contributed by atoms with E-state index in [0.717, 1.165) is 148 Å². The van der Waals surface area contributed by atoms with Crippen LogP contribution in [0.15, 0.2) is 67.1 Å². The molecule has 2 aromatic carbocycles. The van der Waals surface area contributed by atoms with E-state index in [4.69, 9.17) is 0 Å². The smallest absolute Gasteiger partial charge is 0.214 e. The van der Waals surface area contributed by atoms with Gasteiger partial charge in [0.25, 0.3) is 0 Å². The maximum Gasteiger partial charge on any atom is 0.214 e. The molecule has 12 fully saturated rings. The molecule has 4 N–H and O–H groups in total. The van der Waals surface area contributed by atoms with Crippen LogP contribution in [-0.2, 0) is 27.5 Å². The van der Waals surface area contributed by atoms with E-state index in [9.17, 15) is 42.9 Å². The molecule has 0 bridgehead atoms. The Morgan fingerprint density at radius 1 is 0.481 bits per heavy atom. The molecule has 0 spiro atoms. The average Bonchev–Trinajstić information content (AvgIpc) is 1.36. The molecule has 568 valence electrons. The Morgan fingerprint density at radius 3 is 1.38 bits per heavy atom. The molecule has 18 rings (SSSR count). The lowest BCUT2D eigenvalue weighted by Crippen LogP contribution is -2.55. The number of alkyl halides is 1. The average molecular weight is 1500 g/mol. The van der Waals surface area contributed by atoms with Gasteiger partial charge in [-0.05, 0) is 346 Å². The van der Waals surface area contributed by atoms with Crippen molar-refractivity contribution in [2.45, 2.75) is 273 Å². The predicted octanol–water partition coefficient (Wildman–Crippen LogP) is 19.4. The van der Waals surface area contributed by atoms with Crippen LogP contribution in [0.1, 0.15) is 243 Å². The number of carbonyl (C=O) groups excluding carboxylic acids is 3. The molecule has 0 amide bonds. The minimum Gasteiger partial charge on any atom is -0.390 e. The van der Waals surface area contributed by atoms with Crippen LogP contribution in [0, 0.1) is 139 Å². The third-order valence-corrected chi connectivity index (χ3v) is 33.7. The molecule has 12 aliphatic rings. The topological polar surface area (TPSA) is 189 Å². The van der Waals surface area contributed by atoms with Crippen LogP contribution in [0.5, 0.6) is 0 Å². The van der Waals surface area contributed by atoms with E-state index in [1.165, 1.54) is 107 Å². The van der Waals surface area contributed by atoms with Crippen LogP contribution >= 0.6 is 15.9 Å². The number of Topliss-reactive ketones (excluding diaryl/α,β-unsaturated/α-hetero) is 3. The first-order valence-corrected chi connectivity index (χ1v) is 41.4. The third kappa shape index (κ3) is 13.4. The predicted molar refractivity (Wildman–Crippen MR) is 406 cm³/mol. The number of aliphatic hydroxyl groups is 3. The second-order valence-corrected chi connectivity index (χ2v) is 39.2. The molecule has 24 atom stereocenters. The van der Waals surface area contributed by atoms with Gasteiger partial charge in [0.05, 0.1) is 52.1 Å². The van der Waals surface area contributed by atoms with Gasteiger partial charge in [-0.15, -0.1) is 0 Å². The fraction of sp³-hybridized carbons (Fsp3) is 0.736. The number of halogens is 4. The molecule has 4 heterocycles. The Hall–Kier alpha value is -4.84. The van der Waals surface area contributed by atoms with Gasteiger partial charge < -0.3 is 15.3 Å². The number of carbonyl (C=O) groups is 3. The van der Waals surface area contributed by atoms with Crippen LogP contribution in [-0.4, -0.2) is 89.5 Å². The molecular formula is C87H121BrF3N7O6. The number of benzene rings is 2. The zero-order chi connectivity index (χ0) is 72.8. The molecule has 17 heteroatoms. The van der Waals surface area contributed by atoms with Crippen molar-refractivity contribution in [1.82, 2.24) is 34.7 Å². The van der Waals surface area contributed by atoms with Gasteiger partial charge in [-0.25, -0.2) is 8.78 Å². The first-order valence-electron chi connectivity index (χ1n) is 40.3. The van der Waals surface area contributed by atoms with E-state index in [1.54, 1.807) is 40.0 Å². The van der Waals surface area contributed by atoms with Crippen LogP contribution in [0.25, 0.3) is 32.8 Å². The standard InChI is InChI=1S/C29H39FN2O2.C28H38FN3O2.C22H35BrO2.C7H5FN2.CH4/c1-27(34)12-13-28(2)19(15-27)5-7-21-22-8-9-24(29(22,3)11-10-23(21)28)26(33)17-32-25-14-20(30)6-4-18(25)16-31-32;1-26(34)12-13-27(2)18(14-26)5-6-19-20-7-8-22(28(20,3)11-10-21(19)27)23(33)16-32-15-17-4-9-24(29)30-25(17)31-32;1-20(25)10-11-21(2)14(12-20)4-5-15-16-6-7-18(19(24)13-23)22(16,3)9-8-17(15)21;8-6-2-1-5-4-9-10-7(5)3-6;/h4,6,14,16,19,21-24,34H,5,7-13,15,17H2,1-3H3;4,9,15,18-22,34H,5-8,10-14,16H2,1-3H3;14-18,25H,4-13H2,1-3H3;1-4H,(H,9,10);1H4/t19-,21-,22-,23-,24+,27+,28-,29-;18-,19-,20-,21-,22+,26+,27-,28-;14-,15-,16-,17-,18+,20+,21-,22-;;/m000../s1. The summed E-state index contributed by atoms with van der Waals surface area (Å²) < 4.78 is 43.1. The Bertz CT molecular complexity index is 4160. The summed E-state index contributed by atoms with van der Waals surface area (Å²) in [5.74, 6) is 8.80. The van der Waals surface area contributed by atoms with Crippen molar-refractivity contribution in [2.75, 3.05) is 5.33 Å². The van der Waals surface area contributed by atoms with Crippen molar-refractivity contribution in [3.8, 4) is 0 Å². The molecule has 13 nitrogen and oxygen atoms in total. The number of aromatic amines is 1. The molecule has 0 aliphatic heterocycles. The normalized spacial score (nSPS) is 42.9. The maximum absolute atomic E-state index is 13.8. The van der Waals surface area contributed by atoms with Gasteiger partial charge in [0.1, 0.15) is 24.0 Å². The van der Waals surface area contributed by atoms with Gasteiger partial charge in [-0.3, -0.25) is 28.8 Å². The summed E-state index contributed by atoms with van der Waals surface area (Å²) in [6.45, 7) is 21.4. The van der Waals surface area contributed by atoms with Gasteiger partial charge in [0.2, 0.25) is 5.95 Å². The highest BCUT2D eigenvalue weighted by Gasteiger charge is 2.65. The first kappa shape index (κ1) is 76.0. The molecular weight excluding hydrogens is 1380 g/mol. The highest BCUT2D eigenvalue weighted by Crippen LogP contribution is 2.72. The number of aromatic nitrogens is 7. The number of ketones is 3. The summed E-state index contributed by atoms with van der Waals surface area (Å²) in [5, 5.41) is 50.4. The first-order chi connectivity index (χ1) is 48.8. The van der Waals surface area contributed by atoms with E-state index in [1.807, 2.05) is 27.0 Å². The lowest BCUT2D eigenvalue weighted by Gasteiger charge is -2.61. The van der Waals surface area contributed by atoms with Gasteiger partial charge >= 0.3 is 0 Å². The fourth-order valence-corrected chi connectivity index (χ4v) is 28.0. The van der Waals surface area contributed by atoms with Crippen molar-refractivity contribution >= 4 is 66.1 Å². The van der Waals surface area contributed by atoms with Crippen molar-refractivity contribution in [1.29, 1.82) is 0 Å². The molecule has 104 heavy (non-hydrogen) atoms. The zero-order valence-corrected chi connectivity index (χ0v) is 64.6. The van der Waals surface area contributed by atoms with E-state index >= 15 is 0 Å². The largest absolute Gasteiger partial charge is 0.390 e. The van der Waals surface area contributed by atoms with Gasteiger partial charge in [0.15, 0.2) is 17.2 Å². The molecule has 4 aromatic heterocycles. The van der Waals surface area contributed by atoms with Crippen molar-refractivity contribution in [3.05, 3.63) is 84.7 Å². The van der Waals surface area contributed by atoms with Gasteiger partial charge in [-0.2, -0.15) is 24.7 Å². The summed E-state index contributed by atoms with van der Waals surface area (Å²) in [6, 6.07) is 12.2. The summed E-state index contributed by atoms with van der Waals surface area (Å²) in [4.78, 5) is 43.6. The van der Waals surface area contributed by atoms with Crippen LogP contribution in [0.2, 0.25) is 0 Å². The monoisotopic (exact) mass is 1500 g/mol. The molecule has 6 aromatic rings. The van der Waals surface area contributed by atoms with Crippen LogP contribution in [0.4, 0.5) is 13.2 Å². The molecule has 0 unspecified atom stereocenters. The maximum atomic E-state index is 13.8. The number of fused-ring (bicyclic) bond motifs is 18. The van der Waals surface area contributed by atoms with E-state index in [0.29, 0.717) is 79.9 Å². The van der Waals surface area contributed by atoms with E-state index < -0.39 is 22.8 Å². The summed E-state index contributed by atoms with van der Waals surface area (Å²) >= 11 is 3.43. The number of nitrogens with zero attached hydrogens (tertiary/aromatic N) is 6. The van der Waals surface area contributed by atoms with Crippen molar-refractivity contribution in [3.63, 3.8) is 0 Å². The Labute approximate surface area is 624 Å². The highest BCUT2D eigenvalue weighted by atomic mass is 79.9. The van der Waals surface area contributed by atoms with Crippen molar-refractivity contribution < 1.29 is 42.9 Å². The number of hydrogen-bond donors (Lipinski definition) is 4. The van der Waals surface area contributed by atoms with Crippen LogP contribution in [0.3, 0.4) is 0 Å². The molecule has 12 aliphatic carbocycles. The number of rotatable bonds is 8.